The number of likely N-dealkylation sites (tertiary alicyclic amines) is 1. The summed E-state index contributed by atoms with van der Waals surface area (Å²) < 4.78 is 1.17. The Bertz CT molecular complexity index is 592. The lowest BCUT2D eigenvalue weighted by Crippen LogP contribution is -2.39. The van der Waals surface area contributed by atoms with Gasteiger partial charge in [-0.25, -0.2) is 4.98 Å². The summed E-state index contributed by atoms with van der Waals surface area (Å²) in [5.74, 6) is 0. The summed E-state index contributed by atoms with van der Waals surface area (Å²) >= 11 is 1.69. The maximum atomic E-state index is 6.15. The van der Waals surface area contributed by atoms with Crippen LogP contribution in [0.1, 0.15) is 17.8 Å². The van der Waals surface area contributed by atoms with Crippen molar-refractivity contribution in [2.24, 2.45) is 0 Å². The molecule has 0 amide bonds. The van der Waals surface area contributed by atoms with Crippen LogP contribution in [0.2, 0.25) is 0 Å². The number of anilines is 2. The third-order valence-electron chi connectivity index (χ3n) is 3.65. The van der Waals surface area contributed by atoms with Crippen molar-refractivity contribution in [2.45, 2.75) is 25.8 Å². The Balaban J connectivity index is 1.85. The van der Waals surface area contributed by atoms with Crippen molar-refractivity contribution in [2.75, 3.05) is 31.2 Å². The van der Waals surface area contributed by atoms with E-state index in [-0.39, 0.29) is 0 Å². The smallest absolute Gasteiger partial charge is 0.0907 e. The van der Waals surface area contributed by atoms with Gasteiger partial charge in [-0.2, -0.15) is 0 Å². The van der Waals surface area contributed by atoms with Crippen LogP contribution in [0.4, 0.5) is 11.4 Å². The predicted octanol–water partition coefficient (Wildman–Crippen LogP) is 2.69. The largest absolute Gasteiger partial charge is 0.397 e. The molecule has 1 atom stereocenters. The van der Waals surface area contributed by atoms with Crippen LogP contribution in [-0.2, 0) is 0 Å². The van der Waals surface area contributed by atoms with Crippen molar-refractivity contribution in [1.29, 1.82) is 0 Å². The number of nitrogens with one attached hydrogen (secondary N) is 1. The van der Waals surface area contributed by atoms with Crippen molar-refractivity contribution in [3.63, 3.8) is 0 Å². The van der Waals surface area contributed by atoms with E-state index in [9.17, 15) is 0 Å². The minimum absolute atomic E-state index is 0.484. The Kier molecular flexibility index (Phi) is 3.33. The Morgan fingerprint density at radius 3 is 3.11 bits per heavy atom. The number of hydrogen-bond donors (Lipinski definition) is 2. The monoisotopic (exact) mass is 276 g/mol. The fourth-order valence-corrected chi connectivity index (χ4v) is 3.59. The van der Waals surface area contributed by atoms with Gasteiger partial charge in [-0.05, 0) is 45.5 Å². The van der Waals surface area contributed by atoms with Crippen LogP contribution >= 0.6 is 11.3 Å². The zero-order chi connectivity index (χ0) is 13.4. The molecule has 0 spiro atoms. The first-order valence-electron chi connectivity index (χ1n) is 6.73. The van der Waals surface area contributed by atoms with Gasteiger partial charge in [0.05, 0.1) is 26.6 Å². The number of hydrogen-bond acceptors (Lipinski definition) is 5. The molecule has 1 fully saturated rings. The fraction of sp³-hybridized carbons (Fsp3) is 0.500. The summed E-state index contributed by atoms with van der Waals surface area (Å²) in [6.45, 7) is 4.30. The number of nitrogens with two attached hydrogens (primary N) is 1. The van der Waals surface area contributed by atoms with Crippen LogP contribution < -0.4 is 11.1 Å². The lowest BCUT2D eigenvalue weighted by Gasteiger charge is -2.31. The van der Waals surface area contributed by atoms with E-state index >= 15 is 0 Å². The van der Waals surface area contributed by atoms with Crippen LogP contribution in [-0.4, -0.2) is 36.1 Å². The molecule has 1 aromatic heterocycles. The number of aromatic nitrogens is 1. The highest BCUT2D eigenvalue weighted by Crippen LogP contribution is 2.30. The molecular formula is C14H20N4S. The van der Waals surface area contributed by atoms with E-state index in [1.807, 2.05) is 13.0 Å². The minimum Gasteiger partial charge on any atom is -0.397 e. The Morgan fingerprint density at radius 2 is 2.32 bits per heavy atom. The van der Waals surface area contributed by atoms with Gasteiger partial charge in [0.25, 0.3) is 0 Å². The van der Waals surface area contributed by atoms with Gasteiger partial charge in [-0.15, -0.1) is 11.3 Å². The first-order chi connectivity index (χ1) is 9.11. The molecule has 2 heterocycles. The molecule has 0 bridgehead atoms. The van der Waals surface area contributed by atoms with Gasteiger partial charge in [-0.3, -0.25) is 0 Å². The lowest BCUT2D eigenvalue weighted by atomic mass is 10.1. The van der Waals surface area contributed by atoms with Crippen molar-refractivity contribution in [3.05, 3.63) is 17.1 Å². The number of likely N-dealkylation sites (N-methyl/N-ethyl adjacent to an activating group) is 1. The number of fused-ring (bicyclic) bond motifs is 1. The summed E-state index contributed by atoms with van der Waals surface area (Å²) in [6.07, 6.45) is 2.45. The van der Waals surface area contributed by atoms with Crippen LogP contribution in [0.15, 0.2) is 12.1 Å². The number of rotatable bonds is 2. The second-order valence-corrected chi connectivity index (χ2v) is 6.62. The molecule has 1 aliphatic heterocycles. The molecule has 0 aliphatic carbocycles. The molecule has 0 radical (unpaired) electrons. The molecule has 3 rings (SSSR count). The van der Waals surface area contributed by atoms with E-state index in [4.69, 9.17) is 5.73 Å². The topological polar surface area (TPSA) is 54.2 Å². The predicted molar refractivity (Wildman–Crippen MR) is 82.9 cm³/mol. The molecule has 0 saturated carbocycles. The quantitative estimate of drug-likeness (QED) is 0.828. The number of nitrogens with zero attached hydrogens (tertiary/aromatic N) is 2. The number of nitrogen functional groups attached to an aromatic ring is 1. The van der Waals surface area contributed by atoms with Gasteiger partial charge in [0.15, 0.2) is 0 Å². The minimum atomic E-state index is 0.484. The molecule has 1 aliphatic rings. The van der Waals surface area contributed by atoms with Gasteiger partial charge in [-0.1, -0.05) is 0 Å². The molecule has 1 saturated heterocycles. The first-order valence-corrected chi connectivity index (χ1v) is 7.55. The highest BCUT2D eigenvalue weighted by Gasteiger charge is 2.18. The second kappa shape index (κ2) is 4.98. The van der Waals surface area contributed by atoms with E-state index in [2.05, 4.69) is 28.3 Å². The SMILES string of the molecule is Cc1nc2cc(NC3CCCN(C)C3)c(N)cc2s1. The summed E-state index contributed by atoms with van der Waals surface area (Å²) in [7, 11) is 2.17. The van der Waals surface area contributed by atoms with Crippen molar-refractivity contribution in [3.8, 4) is 0 Å². The Morgan fingerprint density at radius 1 is 1.47 bits per heavy atom. The lowest BCUT2D eigenvalue weighted by molar-refractivity contribution is 0.261. The zero-order valence-corrected chi connectivity index (χ0v) is 12.3. The molecule has 3 N–H and O–H groups in total. The third-order valence-corrected chi connectivity index (χ3v) is 4.58. The van der Waals surface area contributed by atoms with Crippen LogP contribution in [0.5, 0.6) is 0 Å². The summed E-state index contributed by atoms with van der Waals surface area (Å²) in [5.41, 5.74) is 9.04. The number of piperidine rings is 1. The van der Waals surface area contributed by atoms with Crippen LogP contribution in [0.3, 0.4) is 0 Å². The van der Waals surface area contributed by atoms with Gasteiger partial charge in [0.2, 0.25) is 0 Å². The maximum Gasteiger partial charge on any atom is 0.0907 e. The summed E-state index contributed by atoms with van der Waals surface area (Å²) in [5, 5.41) is 4.67. The normalized spacial score (nSPS) is 20.8. The second-order valence-electron chi connectivity index (χ2n) is 5.39. The van der Waals surface area contributed by atoms with Crippen LogP contribution in [0.25, 0.3) is 10.2 Å². The van der Waals surface area contributed by atoms with Gasteiger partial charge < -0.3 is 16.0 Å². The molecule has 1 unspecified atom stereocenters. The molecular weight excluding hydrogens is 256 g/mol. The first kappa shape index (κ1) is 12.7. The van der Waals surface area contributed by atoms with Crippen molar-refractivity contribution < 1.29 is 0 Å². The van der Waals surface area contributed by atoms with Gasteiger partial charge in [0, 0.05) is 12.6 Å². The number of aryl methyl sites for hydroxylation is 1. The maximum absolute atomic E-state index is 6.15. The van der Waals surface area contributed by atoms with Crippen LogP contribution in [0, 0.1) is 6.92 Å². The number of thiazole rings is 1. The molecule has 4 nitrogen and oxygen atoms in total. The molecule has 5 heteroatoms. The summed E-state index contributed by atoms with van der Waals surface area (Å²) in [4.78, 5) is 6.90. The average Bonchev–Trinajstić information content (AvgIpc) is 2.69. The van der Waals surface area contributed by atoms with Crippen molar-refractivity contribution in [1.82, 2.24) is 9.88 Å². The standard InChI is InChI=1S/C14H20N4S/c1-9-16-13-7-12(11(15)6-14(13)19-9)17-10-4-3-5-18(2)8-10/h6-7,10,17H,3-5,8,15H2,1-2H3. The van der Waals surface area contributed by atoms with Gasteiger partial charge >= 0.3 is 0 Å². The average molecular weight is 276 g/mol. The summed E-state index contributed by atoms with van der Waals surface area (Å²) in [6, 6.07) is 4.61. The van der Waals surface area contributed by atoms with E-state index in [1.54, 1.807) is 11.3 Å². The highest BCUT2D eigenvalue weighted by molar-refractivity contribution is 7.18. The van der Waals surface area contributed by atoms with Crippen molar-refractivity contribution >= 4 is 32.9 Å². The van der Waals surface area contributed by atoms with E-state index in [0.29, 0.717) is 6.04 Å². The fourth-order valence-electron chi connectivity index (χ4n) is 2.73. The molecule has 1 aromatic carbocycles. The zero-order valence-electron chi connectivity index (χ0n) is 11.4. The third kappa shape index (κ3) is 2.67. The van der Waals surface area contributed by atoms with E-state index in [1.165, 1.54) is 24.1 Å². The molecule has 102 valence electrons. The highest BCUT2D eigenvalue weighted by atomic mass is 32.1. The van der Waals surface area contributed by atoms with Gasteiger partial charge in [0.1, 0.15) is 0 Å². The van der Waals surface area contributed by atoms with E-state index < -0.39 is 0 Å². The Hall–Kier alpha value is -1.33. The molecule has 19 heavy (non-hydrogen) atoms. The van der Waals surface area contributed by atoms with E-state index in [0.717, 1.165) is 28.4 Å². The number of benzene rings is 1. The Labute approximate surface area is 117 Å². The molecule has 2 aromatic rings.